The van der Waals surface area contributed by atoms with Gasteiger partial charge in [0.1, 0.15) is 5.82 Å². The van der Waals surface area contributed by atoms with Crippen molar-refractivity contribution in [2.45, 2.75) is 0 Å². The Bertz CT molecular complexity index is 281. The van der Waals surface area contributed by atoms with Crippen molar-refractivity contribution in [2.24, 2.45) is 0 Å². The molecular weight excluding hydrogens is 227 g/mol. The van der Waals surface area contributed by atoms with Crippen molar-refractivity contribution in [3.8, 4) is 0 Å². The van der Waals surface area contributed by atoms with Gasteiger partial charge in [-0.1, -0.05) is 23.2 Å². The minimum absolute atomic E-state index is 0.556. The van der Waals surface area contributed by atoms with E-state index in [0.29, 0.717) is 15.9 Å². The Morgan fingerprint density at radius 2 is 2.31 bits per heavy atom. The van der Waals surface area contributed by atoms with E-state index in [1.807, 2.05) is 0 Å². The summed E-state index contributed by atoms with van der Waals surface area (Å²) in [6.45, 7) is 0.857. The van der Waals surface area contributed by atoms with E-state index in [1.54, 1.807) is 24.0 Å². The van der Waals surface area contributed by atoms with Gasteiger partial charge < -0.3 is 5.32 Å². The van der Waals surface area contributed by atoms with Crippen LogP contribution >= 0.6 is 35.0 Å². The Kier molecular flexibility index (Phi) is 4.70. The molecule has 0 fully saturated rings. The van der Waals surface area contributed by atoms with E-state index in [-0.39, 0.29) is 0 Å². The van der Waals surface area contributed by atoms with E-state index in [2.05, 4.69) is 16.6 Å². The van der Waals surface area contributed by atoms with Crippen LogP contribution in [-0.4, -0.2) is 23.5 Å². The summed E-state index contributed by atoms with van der Waals surface area (Å²) >= 11 is 13.4. The molecule has 2 nitrogen and oxygen atoms in total. The molecular formula is C8H10Cl2N2S. The van der Waals surface area contributed by atoms with Gasteiger partial charge in [-0.25, -0.2) is 4.98 Å². The van der Waals surface area contributed by atoms with Crippen molar-refractivity contribution >= 4 is 40.8 Å². The summed E-state index contributed by atoms with van der Waals surface area (Å²) in [4.78, 5) is 4.07. The Hall–Kier alpha value is -0.120. The highest BCUT2D eigenvalue weighted by Gasteiger charge is 2.00. The third-order valence-electron chi connectivity index (χ3n) is 1.41. The Morgan fingerprint density at radius 1 is 1.54 bits per heavy atom. The number of halogens is 2. The molecule has 13 heavy (non-hydrogen) atoms. The molecule has 0 spiro atoms. The smallest absolute Gasteiger partial charge is 0.144 e. The van der Waals surface area contributed by atoms with Gasteiger partial charge in [0, 0.05) is 18.5 Å². The van der Waals surface area contributed by atoms with Crippen LogP contribution < -0.4 is 5.32 Å². The van der Waals surface area contributed by atoms with E-state index < -0.39 is 0 Å². The second-order valence-electron chi connectivity index (χ2n) is 2.40. The molecule has 1 heterocycles. The third kappa shape index (κ3) is 3.63. The summed E-state index contributed by atoms with van der Waals surface area (Å²) in [5.74, 6) is 1.72. The fraction of sp³-hybridized carbons (Fsp3) is 0.375. The van der Waals surface area contributed by atoms with Crippen molar-refractivity contribution < 1.29 is 0 Å². The molecule has 72 valence electrons. The summed E-state index contributed by atoms with van der Waals surface area (Å²) in [7, 11) is 0. The molecule has 0 saturated carbocycles. The van der Waals surface area contributed by atoms with Gasteiger partial charge in [-0.3, -0.25) is 0 Å². The fourth-order valence-corrected chi connectivity index (χ4v) is 1.57. The molecule has 0 aliphatic carbocycles. The average molecular weight is 237 g/mol. The van der Waals surface area contributed by atoms with Crippen molar-refractivity contribution in [3.05, 3.63) is 22.3 Å². The van der Waals surface area contributed by atoms with Gasteiger partial charge in [0.25, 0.3) is 0 Å². The monoisotopic (exact) mass is 236 g/mol. The number of anilines is 1. The lowest BCUT2D eigenvalue weighted by molar-refractivity contribution is 1.17. The minimum Gasteiger partial charge on any atom is -0.368 e. The normalized spacial score (nSPS) is 10.1. The number of pyridine rings is 1. The van der Waals surface area contributed by atoms with Gasteiger partial charge >= 0.3 is 0 Å². The van der Waals surface area contributed by atoms with Crippen LogP contribution in [0.2, 0.25) is 10.0 Å². The largest absolute Gasteiger partial charge is 0.368 e. The summed E-state index contributed by atoms with van der Waals surface area (Å²) < 4.78 is 0. The maximum absolute atomic E-state index is 5.89. The molecule has 0 saturated heterocycles. The highest BCUT2D eigenvalue weighted by molar-refractivity contribution is 7.98. The summed E-state index contributed by atoms with van der Waals surface area (Å²) in [5, 5.41) is 4.24. The van der Waals surface area contributed by atoms with Gasteiger partial charge in [-0.2, -0.15) is 11.8 Å². The molecule has 0 bridgehead atoms. The number of hydrogen-bond acceptors (Lipinski definition) is 3. The quantitative estimate of drug-likeness (QED) is 0.814. The highest BCUT2D eigenvalue weighted by Crippen LogP contribution is 2.22. The van der Waals surface area contributed by atoms with Crippen LogP contribution in [0.1, 0.15) is 0 Å². The predicted octanol–water partition coefficient (Wildman–Crippen LogP) is 3.16. The summed E-state index contributed by atoms with van der Waals surface area (Å²) in [6.07, 6.45) is 3.63. The zero-order valence-corrected chi connectivity index (χ0v) is 9.51. The standard InChI is InChI=1S/C8H10Cl2N2S/c1-13-3-2-11-8-7(10)4-6(9)5-12-8/h4-5H,2-3H2,1H3,(H,11,12). The molecule has 0 aliphatic rings. The Morgan fingerprint density at radius 3 is 2.92 bits per heavy atom. The molecule has 1 rings (SSSR count). The molecule has 0 unspecified atom stereocenters. The lowest BCUT2D eigenvalue weighted by Crippen LogP contribution is -2.05. The van der Waals surface area contributed by atoms with Gasteiger partial charge in [-0.15, -0.1) is 0 Å². The van der Waals surface area contributed by atoms with E-state index in [4.69, 9.17) is 23.2 Å². The van der Waals surface area contributed by atoms with Crippen LogP contribution in [0.15, 0.2) is 12.3 Å². The number of aromatic nitrogens is 1. The summed E-state index contributed by atoms with van der Waals surface area (Å²) in [6, 6.07) is 1.68. The molecule has 0 amide bonds. The first-order valence-electron chi connectivity index (χ1n) is 3.78. The van der Waals surface area contributed by atoms with Crippen LogP contribution in [0.4, 0.5) is 5.82 Å². The maximum Gasteiger partial charge on any atom is 0.144 e. The van der Waals surface area contributed by atoms with E-state index in [1.165, 1.54) is 0 Å². The van der Waals surface area contributed by atoms with Gasteiger partial charge in [-0.05, 0) is 12.3 Å². The van der Waals surface area contributed by atoms with E-state index in [9.17, 15) is 0 Å². The highest BCUT2D eigenvalue weighted by atomic mass is 35.5. The Labute approximate surface area is 92.0 Å². The number of nitrogens with zero attached hydrogens (tertiary/aromatic N) is 1. The first kappa shape index (κ1) is 11.0. The fourth-order valence-electron chi connectivity index (χ4n) is 0.816. The molecule has 0 radical (unpaired) electrons. The second-order valence-corrected chi connectivity index (χ2v) is 4.23. The molecule has 0 aromatic carbocycles. The first-order chi connectivity index (χ1) is 6.24. The lowest BCUT2D eigenvalue weighted by atomic mass is 10.4. The zero-order valence-electron chi connectivity index (χ0n) is 7.18. The van der Waals surface area contributed by atoms with Crippen LogP contribution in [0.25, 0.3) is 0 Å². The minimum atomic E-state index is 0.556. The Balaban J connectivity index is 2.56. The van der Waals surface area contributed by atoms with Gasteiger partial charge in [0.2, 0.25) is 0 Å². The summed E-state index contributed by atoms with van der Waals surface area (Å²) in [5.41, 5.74) is 0. The average Bonchev–Trinajstić information content (AvgIpc) is 2.09. The van der Waals surface area contributed by atoms with Crippen LogP contribution in [0.3, 0.4) is 0 Å². The first-order valence-corrected chi connectivity index (χ1v) is 5.93. The molecule has 1 aromatic rings. The zero-order chi connectivity index (χ0) is 9.68. The van der Waals surface area contributed by atoms with Crippen LogP contribution in [0, 0.1) is 0 Å². The predicted molar refractivity (Wildman–Crippen MR) is 61.1 cm³/mol. The SMILES string of the molecule is CSCCNc1ncc(Cl)cc1Cl. The van der Waals surface area contributed by atoms with Gasteiger partial charge in [0.15, 0.2) is 0 Å². The lowest BCUT2D eigenvalue weighted by Gasteiger charge is -2.05. The van der Waals surface area contributed by atoms with Crippen LogP contribution in [0.5, 0.6) is 0 Å². The third-order valence-corrected chi connectivity index (χ3v) is 2.51. The number of thioether (sulfide) groups is 1. The van der Waals surface area contributed by atoms with Crippen molar-refractivity contribution in [1.29, 1.82) is 0 Å². The molecule has 0 atom stereocenters. The van der Waals surface area contributed by atoms with Gasteiger partial charge in [0.05, 0.1) is 10.0 Å². The topological polar surface area (TPSA) is 24.9 Å². The van der Waals surface area contributed by atoms with Crippen LogP contribution in [-0.2, 0) is 0 Å². The molecule has 0 aliphatic heterocycles. The molecule has 5 heteroatoms. The number of rotatable bonds is 4. The van der Waals surface area contributed by atoms with Crippen molar-refractivity contribution in [1.82, 2.24) is 4.98 Å². The van der Waals surface area contributed by atoms with E-state index in [0.717, 1.165) is 12.3 Å². The maximum atomic E-state index is 5.89. The molecule has 1 aromatic heterocycles. The molecule has 1 N–H and O–H groups in total. The number of hydrogen-bond donors (Lipinski definition) is 1. The number of nitrogens with one attached hydrogen (secondary N) is 1. The second kappa shape index (κ2) is 5.58. The van der Waals surface area contributed by atoms with Crippen molar-refractivity contribution in [3.63, 3.8) is 0 Å². The van der Waals surface area contributed by atoms with E-state index >= 15 is 0 Å². The van der Waals surface area contributed by atoms with Crippen molar-refractivity contribution in [2.75, 3.05) is 23.9 Å².